The zero-order valence-electron chi connectivity index (χ0n) is 18.0. The van der Waals surface area contributed by atoms with E-state index in [1.807, 2.05) is 6.92 Å². The minimum absolute atomic E-state index is 0.202. The highest BCUT2D eigenvalue weighted by Gasteiger charge is 2.37. The number of anilines is 1. The number of likely N-dealkylation sites (N-methyl/N-ethyl adjacent to an activating group) is 1. The predicted octanol–water partition coefficient (Wildman–Crippen LogP) is 6.62. The Morgan fingerprint density at radius 1 is 1.12 bits per heavy atom. The van der Waals surface area contributed by atoms with Crippen molar-refractivity contribution in [3.63, 3.8) is 0 Å². The second-order valence-electron chi connectivity index (χ2n) is 7.33. The fraction of sp³-hybridized carbons (Fsp3) is 0.167. The average Bonchev–Trinajstić information content (AvgIpc) is 3.33. The highest BCUT2D eigenvalue weighted by atomic mass is 35.5. The molecule has 0 radical (unpaired) electrons. The summed E-state index contributed by atoms with van der Waals surface area (Å²) in [6.45, 7) is 2.40. The highest BCUT2D eigenvalue weighted by molar-refractivity contribution is 7.80. The van der Waals surface area contributed by atoms with Crippen molar-refractivity contribution < 1.29 is 27.1 Å². The molecule has 176 valence electrons. The molecule has 4 rings (SSSR count). The van der Waals surface area contributed by atoms with Crippen LogP contribution in [0.5, 0.6) is 5.75 Å². The fourth-order valence-corrected chi connectivity index (χ4v) is 3.97. The maximum Gasteiger partial charge on any atom is 0.417 e. The molecule has 1 saturated heterocycles. The summed E-state index contributed by atoms with van der Waals surface area (Å²) < 4.78 is 50.7. The quantitative estimate of drug-likeness (QED) is 0.287. The molecule has 2 aromatic carbocycles. The lowest BCUT2D eigenvalue weighted by molar-refractivity contribution is -0.137. The van der Waals surface area contributed by atoms with Crippen molar-refractivity contribution >= 4 is 46.6 Å². The highest BCUT2D eigenvalue weighted by Crippen LogP contribution is 2.38. The lowest BCUT2D eigenvalue weighted by atomic mass is 10.1. The summed E-state index contributed by atoms with van der Waals surface area (Å²) in [5, 5.41) is -0.120. The van der Waals surface area contributed by atoms with Gasteiger partial charge in [0.2, 0.25) is 0 Å². The van der Waals surface area contributed by atoms with E-state index < -0.39 is 16.8 Å². The number of carbonyl (C=O) groups is 1. The number of carbonyl (C=O) groups excluding carboxylic acids is 1. The summed E-state index contributed by atoms with van der Waals surface area (Å²) in [4.78, 5) is 16.1. The Morgan fingerprint density at radius 3 is 2.47 bits per heavy atom. The van der Waals surface area contributed by atoms with Gasteiger partial charge in [-0.25, -0.2) is 0 Å². The number of amides is 1. The third-order valence-corrected chi connectivity index (χ3v) is 5.92. The summed E-state index contributed by atoms with van der Waals surface area (Å²) >= 11 is 11.1. The van der Waals surface area contributed by atoms with Crippen LogP contribution in [0.1, 0.15) is 18.2 Å². The summed E-state index contributed by atoms with van der Waals surface area (Å²) in [6.07, 6.45) is -3.10. The van der Waals surface area contributed by atoms with Gasteiger partial charge >= 0.3 is 6.18 Å². The normalized spacial score (nSPS) is 15.5. The van der Waals surface area contributed by atoms with Crippen molar-refractivity contribution in [2.24, 2.45) is 0 Å². The molecule has 0 bridgehead atoms. The van der Waals surface area contributed by atoms with Gasteiger partial charge in [0.05, 0.1) is 22.9 Å². The number of thiocarbonyl (C=S) groups is 1. The molecule has 0 unspecified atom stereocenters. The summed E-state index contributed by atoms with van der Waals surface area (Å²) in [5.74, 6) is 0.797. The van der Waals surface area contributed by atoms with Gasteiger partial charge in [-0.05, 0) is 73.7 Å². The van der Waals surface area contributed by atoms with Crippen molar-refractivity contribution in [2.75, 3.05) is 18.6 Å². The molecule has 34 heavy (non-hydrogen) atoms. The number of nitrogens with zero attached hydrogens (tertiary/aromatic N) is 2. The molecular weight excluding hydrogens is 489 g/mol. The number of benzene rings is 2. The predicted molar refractivity (Wildman–Crippen MR) is 128 cm³/mol. The van der Waals surface area contributed by atoms with E-state index in [1.165, 1.54) is 29.2 Å². The van der Waals surface area contributed by atoms with Gasteiger partial charge in [-0.1, -0.05) is 11.6 Å². The van der Waals surface area contributed by atoms with Crippen LogP contribution in [-0.4, -0.2) is 29.6 Å². The van der Waals surface area contributed by atoms with Gasteiger partial charge < -0.3 is 14.1 Å². The lowest BCUT2D eigenvalue weighted by Gasteiger charge is -2.16. The Hall–Kier alpha value is -3.30. The van der Waals surface area contributed by atoms with Gasteiger partial charge in [-0.3, -0.25) is 9.69 Å². The first-order valence-corrected chi connectivity index (χ1v) is 10.9. The Balaban J connectivity index is 1.62. The number of halogens is 4. The molecule has 0 N–H and O–H groups in total. The van der Waals surface area contributed by atoms with Crippen LogP contribution >= 0.6 is 23.8 Å². The monoisotopic (exact) mass is 506 g/mol. The average molecular weight is 507 g/mol. The van der Waals surface area contributed by atoms with Gasteiger partial charge in [0.15, 0.2) is 5.11 Å². The minimum Gasteiger partial charge on any atom is -0.494 e. The van der Waals surface area contributed by atoms with Crippen molar-refractivity contribution in [2.45, 2.75) is 13.1 Å². The molecule has 1 aliphatic heterocycles. The van der Waals surface area contributed by atoms with Crippen LogP contribution in [0, 0.1) is 0 Å². The van der Waals surface area contributed by atoms with Gasteiger partial charge in [0.25, 0.3) is 5.91 Å². The van der Waals surface area contributed by atoms with Crippen LogP contribution in [-0.2, 0) is 11.0 Å². The molecule has 5 nitrogen and oxygen atoms in total. The Kier molecular flexibility index (Phi) is 6.42. The Labute approximate surface area is 204 Å². The maximum absolute atomic E-state index is 13.2. The summed E-state index contributed by atoms with van der Waals surface area (Å²) in [5.41, 5.74) is 0.0885. The first-order chi connectivity index (χ1) is 16.1. The second kappa shape index (κ2) is 9.15. The zero-order chi connectivity index (χ0) is 24.6. The Morgan fingerprint density at radius 2 is 1.82 bits per heavy atom. The molecule has 0 spiro atoms. The van der Waals surface area contributed by atoms with Crippen molar-refractivity contribution in [1.29, 1.82) is 0 Å². The van der Waals surface area contributed by atoms with Crippen LogP contribution in [0.2, 0.25) is 5.02 Å². The van der Waals surface area contributed by atoms with E-state index >= 15 is 0 Å². The van der Waals surface area contributed by atoms with E-state index in [2.05, 4.69) is 0 Å². The third-order valence-electron chi connectivity index (χ3n) is 5.13. The van der Waals surface area contributed by atoms with E-state index in [-0.39, 0.29) is 33.8 Å². The fourth-order valence-electron chi connectivity index (χ4n) is 3.46. The molecule has 0 atom stereocenters. The van der Waals surface area contributed by atoms with Crippen LogP contribution in [0.4, 0.5) is 18.9 Å². The third kappa shape index (κ3) is 4.53. The number of rotatable bonds is 5. The first-order valence-electron chi connectivity index (χ1n) is 10.1. The van der Waals surface area contributed by atoms with Gasteiger partial charge in [-0.15, -0.1) is 0 Å². The van der Waals surface area contributed by atoms with Crippen molar-refractivity contribution in [3.8, 4) is 17.1 Å². The zero-order valence-corrected chi connectivity index (χ0v) is 19.6. The standard InChI is InChI=1S/C24H18ClF3N2O3S/c1-3-32-16-7-5-15(6-8-16)30-22(31)20(29(2)23(30)34)13-17-9-11-21(33-17)14-4-10-19(25)18(12-14)24(26,27)28/h4-13H,3H2,1-2H3. The molecule has 1 aliphatic rings. The number of hydrogen-bond acceptors (Lipinski definition) is 4. The van der Waals surface area contributed by atoms with E-state index in [4.69, 9.17) is 33.0 Å². The van der Waals surface area contributed by atoms with Crippen LogP contribution in [0.15, 0.2) is 64.7 Å². The smallest absolute Gasteiger partial charge is 0.417 e. The van der Waals surface area contributed by atoms with Gasteiger partial charge in [0.1, 0.15) is 23.0 Å². The Bertz CT molecular complexity index is 1290. The topological polar surface area (TPSA) is 45.9 Å². The number of alkyl halides is 3. The van der Waals surface area contributed by atoms with E-state index in [1.54, 1.807) is 42.3 Å². The molecule has 0 aliphatic carbocycles. The lowest BCUT2D eigenvalue weighted by Crippen LogP contribution is -2.31. The molecule has 0 saturated carbocycles. The van der Waals surface area contributed by atoms with E-state index in [9.17, 15) is 18.0 Å². The minimum atomic E-state index is -4.59. The summed E-state index contributed by atoms with van der Waals surface area (Å²) in [7, 11) is 1.65. The second-order valence-corrected chi connectivity index (χ2v) is 8.11. The number of furan rings is 1. The van der Waals surface area contributed by atoms with E-state index in [0.717, 1.165) is 6.07 Å². The molecule has 1 amide bonds. The van der Waals surface area contributed by atoms with Gasteiger partial charge in [-0.2, -0.15) is 13.2 Å². The molecule has 1 fully saturated rings. The molecule has 1 aromatic heterocycles. The molecule has 2 heterocycles. The summed E-state index contributed by atoms with van der Waals surface area (Å²) in [6, 6.07) is 13.6. The molecule has 3 aromatic rings. The maximum atomic E-state index is 13.2. The largest absolute Gasteiger partial charge is 0.494 e. The van der Waals surface area contributed by atoms with Crippen LogP contribution in [0.3, 0.4) is 0 Å². The molecular formula is C24H18ClF3N2O3S. The molecule has 10 heteroatoms. The van der Waals surface area contributed by atoms with Crippen LogP contribution < -0.4 is 9.64 Å². The first kappa shape index (κ1) is 23.8. The van der Waals surface area contributed by atoms with E-state index in [0.29, 0.717) is 18.0 Å². The SMILES string of the molecule is CCOc1ccc(N2C(=O)C(=Cc3ccc(-c4ccc(Cl)c(C(F)(F)F)c4)o3)N(C)C2=S)cc1. The van der Waals surface area contributed by atoms with Crippen molar-refractivity contribution in [3.05, 3.63) is 76.6 Å². The number of ether oxygens (including phenoxy) is 1. The van der Waals surface area contributed by atoms with Crippen LogP contribution in [0.25, 0.3) is 17.4 Å². The number of hydrogen-bond donors (Lipinski definition) is 0. The van der Waals surface area contributed by atoms with Crippen molar-refractivity contribution in [1.82, 2.24) is 4.90 Å². The van der Waals surface area contributed by atoms with Gasteiger partial charge in [0, 0.05) is 18.7 Å².